The summed E-state index contributed by atoms with van der Waals surface area (Å²) in [7, 11) is 0. The Morgan fingerprint density at radius 3 is 3.00 bits per heavy atom. The van der Waals surface area contributed by atoms with Crippen LogP contribution in [0.3, 0.4) is 0 Å². The third-order valence-corrected chi connectivity index (χ3v) is 2.88. The minimum absolute atomic E-state index is 0.138. The molecule has 3 aromatic rings. The first-order valence-electron chi connectivity index (χ1n) is 8.67. The number of nitrogen functional groups attached to an aromatic ring is 1. The number of benzene rings is 1. The average molecular weight is 262 g/mol. The second-order valence-electron chi connectivity index (χ2n) is 4.44. The van der Waals surface area contributed by atoms with Crippen molar-refractivity contribution in [3.8, 4) is 0 Å². The molecule has 19 heavy (non-hydrogen) atoms. The van der Waals surface area contributed by atoms with Crippen molar-refractivity contribution >= 4 is 27.8 Å². The van der Waals surface area contributed by atoms with Gasteiger partial charge in [-0.2, -0.15) is 0 Å². The number of aliphatic hydroxyl groups is 1. The van der Waals surface area contributed by atoms with Crippen LogP contribution in [-0.4, -0.2) is 25.2 Å². The molecule has 98 valence electrons. The van der Waals surface area contributed by atoms with Crippen molar-refractivity contribution < 1.29 is 13.3 Å². The molecule has 0 saturated carbocycles. The number of pyridine rings is 1. The molecule has 0 unspecified atom stereocenters. The van der Waals surface area contributed by atoms with E-state index in [-0.39, 0.29) is 5.82 Å². The van der Waals surface area contributed by atoms with Crippen LogP contribution in [0.2, 0.25) is 0 Å². The molecule has 5 nitrogen and oxygen atoms in total. The third kappa shape index (κ3) is 2.02. The van der Waals surface area contributed by atoms with Crippen molar-refractivity contribution in [2.24, 2.45) is 0 Å². The molecule has 0 aliphatic heterocycles. The van der Waals surface area contributed by atoms with E-state index in [1.54, 1.807) is 24.3 Å². The number of hydrogen-bond donors (Lipinski definition) is 2. The van der Waals surface area contributed by atoms with Gasteiger partial charge >= 0.3 is 0 Å². The van der Waals surface area contributed by atoms with Crippen molar-refractivity contribution in [3.05, 3.63) is 30.6 Å². The maximum absolute atomic E-state index is 10.5. The van der Waals surface area contributed by atoms with Gasteiger partial charge in [0.25, 0.3) is 0 Å². The minimum Gasteiger partial charge on any atom is -0.389 e. The molecular formula is C14H16N4O. The van der Waals surface area contributed by atoms with E-state index >= 15 is 0 Å². The van der Waals surface area contributed by atoms with E-state index in [1.807, 2.05) is 0 Å². The normalized spacial score (nSPS) is 18.4. The maximum atomic E-state index is 10.5. The van der Waals surface area contributed by atoms with Crippen LogP contribution in [0.5, 0.6) is 0 Å². The van der Waals surface area contributed by atoms with Crippen LogP contribution in [0.4, 0.5) is 5.82 Å². The fraction of sp³-hybridized carbons (Fsp3) is 0.286. The van der Waals surface area contributed by atoms with Crippen molar-refractivity contribution in [2.45, 2.75) is 25.8 Å². The summed E-state index contributed by atoms with van der Waals surface area (Å²) >= 11 is 0. The lowest BCUT2D eigenvalue weighted by molar-refractivity contribution is 0.0627. The summed E-state index contributed by atoms with van der Waals surface area (Å²) in [5.41, 5.74) is 4.26. The quantitative estimate of drug-likeness (QED) is 0.740. The molecule has 0 saturated heterocycles. The Morgan fingerprint density at radius 1 is 1.42 bits per heavy atom. The molecule has 5 heteroatoms. The van der Waals surface area contributed by atoms with E-state index in [9.17, 15) is 5.11 Å². The third-order valence-electron chi connectivity index (χ3n) is 2.88. The number of hydrogen-bond acceptors (Lipinski definition) is 4. The zero-order chi connectivity index (χ0) is 18.6. The highest BCUT2D eigenvalue weighted by Gasteiger charge is 2.18. The zero-order valence-electron chi connectivity index (χ0n) is 16.0. The Kier molecular flexibility index (Phi) is 1.42. The highest BCUT2D eigenvalue weighted by molar-refractivity contribution is 6.06. The van der Waals surface area contributed by atoms with Gasteiger partial charge in [-0.15, -0.1) is 0 Å². The molecule has 2 aromatic heterocycles. The topological polar surface area (TPSA) is 77.0 Å². The number of anilines is 1. The molecule has 0 amide bonds. The van der Waals surface area contributed by atoms with Crippen molar-refractivity contribution in [1.82, 2.24) is 14.5 Å². The number of fused-ring (bicyclic) bond motifs is 3. The minimum atomic E-state index is -3.12. The molecule has 0 aliphatic rings. The van der Waals surface area contributed by atoms with E-state index < -0.39 is 25.8 Å². The first kappa shape index (κ1) is 6.86. The highest BCUT2D eigenvalue weighted by Crippen LogP contribution is 2.27. The van der Waals surface area contributed by atoms with E-state index in [0.29, 0.717) is 21.9 Å². The Morgan fingerprint density at radius 2 is 2.21 bits per heavy atom. The van der Waals surface area contributed by atoms with E-state index in [1.165, 1.54) is 10.9 Å². The van der Waals surface area contributed by atoms with Crippen molar-refractivity contribution in [1.29, 1.82) is 0 Å². The summed E-state index contributed by atoms with van der Waals surface area (Å²) in [5, 5.41) is 11.2. The standard InChI is InChI=1S/C14H16N4O/c1-14(2,19)7-18-8-16-11-12(18)9-5-3-4-6-10(9)17-13(11)15/h3-6,8,19H,7H2,1-2H3,(H2,15,17)/i1D3,2D3. The molecule has 3 N–H and O–H groups in total. The van der Waals surface area contributed by atoms with Crippen LogP contribution < -0.4 is 5.73 Å². The Hall–Kier alpha value is -2.14. The molecule has 1 aromatic carbocycles. The van der Waals surface area contributed by atoms with E-state index in [0.717, 1.165) is 0 Å². The van der Waals surface area contributed by atoms with E-state index in [2.05, 4.69) is 9.97 Å². The van der Waals surface area contributed by atoms with Gasteiger partial charge < -0.3 is 15.4 Å². The predicted molar refractivity (Wildman–Crippen MR) is 75.7 cm³/mol. The number of nitrogens with two attached hydrogens (primary N) is 1. The van der Waals surface area contributed by atoms with Gasteiger partial charge in [0.05, 0.1) is 29.5 Å². The molecule has 3 rings (SSSR count). The van der Waals surface area contributed by atoms with Gasteiger partial charge in [0.2, 0.25) is 0 Å². The van der Waals surface area contributed by atoms with Crippen LogP contribution in [0.15, 0.2) is 30.6 Å². The summed E-state index contributed by atoms with van der Waals surface area (Å²) in [6.07, 6.45) is 1.26. The van der Waals surface area contributed by atoms with Crippen molar-refractivity contribution in [2.75, 3.05) is 5.73 Å². The van der Waals surface area contributed by atoms with Gasteiger partial charge in [0, 0.05) is 13.6 Å². The predicted octanol–water partition coefficient (Wildman–Crippen LogP) is 1.94. The van der Waals surface area contributed by atoms with Gasteiger partial charge in [-0.1, -0.05) is 18.2 Å². The maximum Gasteiger partial charge on any atom is 0.152 e. The molecule has 0 atom stereocenters. The summed E-state index contributed by atoms with van der Waals surface area (Å²) in [6.45, 7) is -6.93. The van der Waals surface area contributed by atoms with Crippen LogP contribution in [0.1, 0.15) is 21.9 Å². The second-order valence-corrected chi connectivity index (χ2v) is 4.44. The van der Waals surface area contributed by atoms with Gasteiger partial charge in [-0.25, -0.2) is 9.97 Å². The van der Waals surface area contributed by atoms with E-state index in [4.69, 9.17) is 14.0 Å². The van der Waals surface area contributed by atoms with Gasteiger partial charge in [0.1, 0.15) is 5.52 Å². The lowest BCUT2D eigenvalue weighted by Gasteiger charge is -2.18. The number of nitrogens with zero attached hydrogens (tertiary/aromatic N) is 3. The van der Waals surface area contributed by atoms with Crippen molar-refractivity contribution in [3.63, 3.8) is 0 Å². The SMILES string of the molecule is [2H]C([2H])([2H])C(O)(Cn1cnc2c(N)nc3ccccc3c21)C([2H])([2H])[2H]. The molecule has 0 fully saturated rings. The second kappa shape index (κ2) is 3.93. The summed E-state index contributed by atoms with van der Waals surface area (Å²) in [5.74, 6) is 0.138. The largest absolute Gasteiger partial charge is 0.389 e. The number of rotatable bonds is 2. The van der Waals surface area contributed by atoms with Crippen LogP contribution in [0, 0.1) is 0 Å². The Balaban J connectivity index is 2.26. The number of aromatic nitrogens is 3. The summed E-state index contributed by atoms with van der Waals surface area (Å²) in [4.78, 5) is 8.34. The lowest BCUT2D eigenvalue weighted by atomic mass is 10.1. The molecular weight excluding hydrogens is 240 g/mol. The fourth-order valence-corrected chi connectivity index (χ4v) is 2.17. The lowest BCUT2D eigenvalue weighted by Crippen LogP contribution is -2.25. The summed E-state index contributed by atoms with van der Waals surface area (Å²) in [6, 6.07) is 6.99. The molecule has 0 aliphatic carbocycles. The van der Waals surface area contributed by atoms with Crippen LogP contribution in [-0.2, 0) is 6.54 Å². The van der Waals surface area contributed by atoms with Gasteiger partial charge in [-0.05, 0) is 19.8 Å². The number of para-hydroxylation sites is 1. The first-order chi connectivity index (χ1) is 11.5. The fourth-order valence-electron chi connectivity index (χ4n) is 2.17. The molecule has 2 heterocycles. The monoisotopic (exact) mass is 262 g/mol. The van der Waals surface area contributed by atoms with Crippen LogP contribution in [0.25, 0.3) is 21.9 Å². The van der Waals surface area contributed by atoms with Gasteiger partial charge in [0.15, 0.2) is 5.82 Å². The molecule has 0 radical (unpaired) electrons. The first-order valence-corrected chi connectivity index (χ1v) is 5.67. The van der Waals surface area contributed by atoms with Gasteiger partial charge in [-0.3, -0.25) is 0 Å². The molecule has 0 bridgehead atoms. The molecule has 0 spiro atoms. The zero-order valence-corrected chi connectivity index (χ0v) is 9.96. The highest BCUT2D eigenvalue weighted by atomic mass is 16.3. The smallest absolute Gasteiger partial charge is 0.152 e. The Labute approximate surface area is 119 Å². The number of imidazole rings is 1. The average Bonchev–Trinajstić information content (AvgIpc) is 2.89. The van der Waals surface area contributed by atoms with Crippen LogP contribution >= 0.6 is 0 Å². The summed E-state index contributed by atoms with van der Waals surface area (Å²) < 4.78 is 46.4. The Bertz CT molecular complexity index is 932.